The van der Waals surface area contributed by atoms with E-state index in [0.29, 0.717) is 5.92 Å². The maximum Gasteiger partial charge on any atom is 0.237 e. The van der Waals surface area contributed by atoms with Crippen LogP contribution in [0.25, 0.3) is 0 Å². The van der Waals surface area contributed by atoms with Gasteiger partial charge >= 0.3 is 0 Å². The Kier molecular flexibility index (Phi) is 5.23. The molecule has 128 valence electrons. The molecule has 22 heavy (non-hydrogen) atoms. The summed E-state index contributed by atoms with van der Waals surface area (Å²) in [5.74, 6) is 0.507. The highest BCUT2D eigenvalue weighted by atomic mass is 16.5. The Hall–Kier alpha value is -0.610. The molecule has 0 saturated carbocycles. The lowest BCUT2D eigenvalue weighted by molar-refractivity contribution is -0.131. The minimum atomic E-state index is -0.303. The summed E-state index contributed by atoms with van der Waals surface area (Å²) in [5, 5.41) is 3.30. The number of rotatable bonds is 4. The van der Waals surface area contributed by atoms with E-state index in [-0.39, 0.29) is 29.2 Å². The van der Waals surface area contributed by atoms with E-state index in [1.165, 1.54) is 19.3 Å². The van der Waals surface area contributed by atoms with E-state index in [4.69, 9.17) is 4.74 Å². The van der Waals surface area contributed by atoms with Crippen molar-refractivity contribution in [1.82, 2.24) is 10.2 Å². The van der Waals surface area contributed by atoms with Gasteiger partial charge in [0.2, 0.25) is 5.91 Å². The molecule has 2 atom stereocenters. The quantitative estimate of drug-likeness (QED) is 0.868. The number of carbonyl (C=O) groups excluding carboxylic acids is 1. The van der Waals surface area contributed by atoms with Crippen LogP contribution >= 0.6 is 0 Å². The molecule has 2 aliphatic heterocycles. The summed E-state index contributed by atoms with van der Waals surface area (Å²) in [6.45, 7) is 14.8. The Bertz CT molecular complexity index is 398. The molecular formula is C18H34N2O2. The first-order chi connectivity index (χ1) is 10.1. The molecule has 4 heteroatoms. The number of nitrogens with zero attached hydrogens (tertiary/aromatic N) is 1. The fourth-order valence-electron chi connectivity index (χ4n) is 4.13. The first kappa shape index (κ1) is 17.7. The fourth-order valence-corrected chi connectivity index (χ4v) is 4.13. The van der Waals surface area contributed by atoms with Crippen LogP contribution in [-0.4, -0.2) is 47.2 Å². The Morgan fingerprint density at radius 3 is 2.18 bits per heavy atom. The zero-order valence-corrected chi connectivity index (χ0v) is 15.2. The van der Waals surface area contributed by atoms with Gasteiger partial charge in [0.1, 0.15) is 0 Å². The van der Waals surface area contributed by atoms with Crippen LogP contribution < -0.4 is 5.32 Å². The standard InChI is InChI=1S/C18H34N2O2/c1-13(2)15(20-10-8-7-9-11-20)16(21)19-14-12-17(3,4)22-18(14,5)6/h13-15H,7-12H2,1-6H3,(H,19,21)/t14-,15-/m0/s1. The van der Waals surface area contributed by atoms with Crippen LogP contribution in [0.5, 0.6) is 0 Å². The highest BCUT2D eigenvalue weighted by Crippen LogP contribution is 2.37. The third-order valence-corrected chi connectivity index (χ3v) is 5.07. The van der Waals surface area contributed by atoms with Crippen LogP contribution in [0, 0.1) is 5.92 Å². The van der Waals surface area contributed by atoms with Crippen molar-refractivity contribution in [2.45, 2.75) is 90.5 Å². The normalized spacial score (nSPS) is 29.5. The molecule has 1 N–H and O–H groups in total. The van der Waals surface area contributed by atoms with Crippen molar-refractivity contribution in [3.05, 3.63) is 0 Å². The van der Waals surface area contributed by atoms with Gasteiger partial charge in [-0.1, -0.05) is 20.3 Å². The summed E-state index contributed by atoms with van der Waals surface area (Å²) in [6.07, 6.45) is 4.58. The molecule has 0 radical (unpaired) electrons. The molecule has 0 bridgehead atoms. The summed E-state index contributed by atoms with van der Waals surface area (Å²) in [7, 11) is 0. The number of nitrogens with one attached hydrogen (secondary N) is 1. The topological polar surface area (TPSA) is 41.6 Å². The summed E-state index contributed by atoms with van der Waals surface area (Å²) in [5.41, 5.74) is -0.470. The van der Waals surface area contributed by atoms with E-state index < -0.39 is 0 Å². The van der Waals surface area contributed by atoms with Crippen LogP contribution in [0.4, 0.5) is 0 Å². The van der Waals surface area contributed by atoms with Crippen molar-refractivity contribution in [2.75, 3.05) is 13.1 Å². The Morgan fingerprint density at radius 1 is 1.14 bits per heavy atom. The minimum absolute atomic E-state index is 0.0141. The van der Waals surface area contributed by atoms with Crippen molar-refractivity contribution in [3.8, 4) is 0 Å². The molecule has 2 heterocycles. The first-order valence-electron chi connectivity index (χ1n) is 8.87. The number of hydrogen-bond acceptors (Lipinski definition) is 3. The van der Waals surface area contributed by atoms with E-state index in [1.807, 2.05) is 0 Å². The smallest absolute Gasteiger partial charge is 0.237 e. The third-order valence-electron chi connectivity index (χ3n) is 5.07. The highest BCUT2D eigenvalue weighted by molar-refractivity contribution is 5.82. The van der Waals surface area contributed by atoms with Crippen molar-refractivity contribution < 1.29 is 9.53 Å². The van der Waals surface area contributed by atoms with Gasteiger partial charge in [0.15, 0.2) is 0 Å². The van der Waals surface area contributed by atoms with Gasteiger partial charge in [-0.2, -0.15) is 0 Å². The second-order valence-corrected chi connectivity index (χ2v) is 8.52. The number of ether oxygens (including phenoxy) is 1. The predicted octanol–water partition coefficient (Wildman–Crippen LogP) is 2.96. The maximum absolute atomic E-state index is 12.9. The lowest BCUT2D eigenvalue weighted by Crippen LogP contribution is -2.56. The zero-order valence-electron chi connectivity index (χ0n) is 15.2. The predicted molar refractivity (Wildman–Crippen MR) is 89.8 cm³/mol. The monoisotopic (exact) mass is 310 g/mol. The van der Waals surface area contributed by atoms with Crippen molar-refractivity contribution in [1.29, 1.82) is 0 Å². The van der Waals surface area contributed by atoms with Crippen molar-refractivity contribution in [2.24, 2.45) is 5.92 Å². The van der Waals surface area contributed by atoms with Crippen LogP contribution in [0.3, 0.4) is 0 Å². The summed E-state index contributed by atoms with van der Waals surface area (Å²) in [6, 6.07) is 0.0702. The number of carbonyl (C=O) groups is 1. The highest BCUT2D eigenvalue weighted by Gasteiger charge is 2.47. The third kappa shape index (κ3) is 4.02. The van der Waals surface area contributed by atoms with E-state index >= 15 is 0 Å². The lowest BCUT2D eigenvalue weighted by Gasteiger charge is -2.37. The Balaban J connectivity index is 2.05. The molecule has 4 nitrogen and oxygen atoms in total. The molecule has 1 amide bonds. The maximum atomic E-state index is 12.9. The number of hydrogen-bond donors (Lipinski definition) is 1. The summed E-state index contributed by atoms with van der Waals surface area (Å²) < 4.78 is 6.11. The van der Waals surface area contributed by atoms with E-state index in [1.54, 1.807) is 0 Å². The minimum Gasteiger partial charge on any atom is -0.367 e. The van der Waals surface area contributed by atoms with Crippen LogP contribution in [0.2, 0.25) is 0 Å². The van der Waals surface area contributed by atoms with Crippen LogP contribution in [0.15, 0.2) is 0 Å². The van der Waals surface area contributed by atoms with Gasteiger partial charge in [-0.15, -0.1) is 0 Å². The molecule has 0 aromatic heterocycles. The molecule has 0 aromatic carbocycles. The van der Waals surface area contributed by atoms with E-state index in [2.05, 4.69) is 51.8 Å². The fraction of sp³-hybridized carbons (Fsp3) is 0.944. The molecule has 0 aromatic rings. The molecule has 0 unspecified atom stereocenters. The number of piperidine rings is 1. The molecular weight excluding hydrogens is 276 g/mol. The van der Waals surface area contributed by atoms with Gasteiger partial charge in [0, 0.05) is 0 Å². The van der Waals surface area contributed by atoms with Crippen LogP contribution in [-0.2, 0) is 9.53 Å². The average molecular weight is 310 g/mol. The van der Waals surface area contributed by atoms with Crippen LogP contribution in [0.1, 0.15) is 67.2 Å². The average Bonchev–Trinajstić information content (AvgIpc) is 2.57. The Morgan fingerprint density at radius 2 is 1.73 bits per heavy atom. The first-order valence-corrected chi connectivity index (χ1v) is 8.87. The van der Waals surface area contributed by atoms with Crippen molar-refractivity contribution >= 4 is 5.91 Å². The zero-order chi connectivity index (χ0) is 16.5. The van der Waals surface area contributed by atoms with Gasteiger partial charge in [0.25, 0.3) is 0 Å². The second kappa shape index (κ2) is 6.48. The molecule has 0 spiro atoms. The van der Waals surface area contributed by atoms with Gasteiger partial charge in [-0.25, -0.2) is 0 Å². The second-order valence-electron chi connectivity index (χ2n) is 8.52. The Labute approximate surface area is 136 Å². The molecule has 2 saturated heterocycles. The van der Waals surface area contributed by atoms with E-state index in [0.717, 1.165) is 19.5 Å². The molecule has 2 aliphatic rings. The summed E-state index contributed by atoms with van der Waals surface area (Å²) >= 11 is 0. The van der Waals surface area contributed by atoms with Gasteiger partial charge < -0.3 is 10.1 Å². The number of amides is 1. The van der Waals surface area contributed by atoms with E-state index in [9.17, 15) is 4.79 Å². The van der Waals surface area contributed by atoms with Gasteiger partial charge in [-0.05, 0) is 66.0 Å². The molecule has 2 rings (SSSR count). The van der Waals surface area contributed by atoms with Crippen molar-refractivity contribution in [3.63, 3.8) is 0 Å². The SMILES string of the molecule is CC(C)[C@@H](C(=O)N[C@H]1CC(C)(C)OC1(C)C)N1CCCCC1. The number of likely N-dealkylation sites (tertiary alicyclic amines) is 1. The van der Waals surface area contributed by atoms with Gasteiger partial charge in [0.05, 0.1) is 23.3 Å². The van der Waals surface area contributed by atoms with Gasteiger partial charge in [-0.3, -0.25) is 9.69 Å². The molecule has 0 aliphatic carbocycles. The molecule has 2 fully saturated rings. The summed E-state index contributed by atoms with van der Waals surface area (Å²) in [4.78, 5) is 15.3. The lowest BCUT2D eigenvalue weighted by atomic mass is 9.92. The largest absolute Gasteiger partial charge is 0.367 e.